The minimum absolute atomic E-state index is 0.149. The number of nitrogens with two attached hydrogens (primary N) is 1. The van der Waals surface area contributed by atoms with Crippen LogP contribution in [0.15, 0.2) is 23.0 Å². The zero-order valence-corrected chi connectivity index (χ0v) is 10.9. The second kappa shape index (κ2) is 5.51. The van der Waals surface area contributed by atoms with E-state index in [0.29, 0.717) is 30.1 Å². The van der Waals surface area contributed by atoms with Crippen LogP contribution in [0.2, 0.25) is 0 Å². The third-order valence-electron chi connectivity index (χ3n) is 2.89. The van der Waals surface area contributed by atoms with Crippen molar-refractivity contribution in [1.29, 1.82) is 0 Å². The molecule has 0 saturated heterocycles. The number of nitrogens with one attached hydrogen (secondary N) is 1. The molecule has 6 heteroatoms. The Hall–Kier alpha value is -2.37. The first kappa shape index (κ1) is 13.1. The number of amides is 1. The van der Waals surface area contributed by atoms with Gasteiger partial charge in [-0.05, 0) is 31.0 Å². The highest BCUT2D eigenvalue weighted by atomic mass is 16.5. The summed E-state index contributed by atoms with van der Waals surface area (Å²) >= 11 is 0. The van der Waals surface area contributed by atoms with Gasteiger partial charge in [0.05, 0.1) is 0 Å². The molecule has 19 heavy (non-hydrogen) atoms. The van der Waals surface area contributed by atoms with E-state index >= 15 is 0 Å². The lowest BCUT2D eigenvalue weighted by molar-refractivity contribution is 0.0953. The minimum atomic E-state index is -0.149. The zero-order chi connectivity index (χ0) is 13.8. The molecule has 0 aliphatic rings. The largest absolute Gasteiger partial charge is 0.398 e. The SMILES string of the molecule is Cc1cc(C)c(C(=O)NCCc2ncno2)cc1N. The lowest BCUT2D eigenvalue weighted by atomic mass is 10.0. The summed E-state index contributed by atoms with van der Waals surface area (Å²) in [7, 11) is 0. The van der Waals surface area contributed by atoms with E-state index in [1.807, 2.05) is 19.9 Å². The van der Waals surface area contributed by atoms with Crippen LogP contribution in [0, 0.1) is 13.8 Å². The van der Waals surface area contributed by atoms with Crippen LogP contribution in [-0.4, -0.2) is 22.6 Å². The van der Waals surface area contributed by atoms with E-state index in [0.717, 1.165) is 11.1 Å². The minimum Gasteiger partial charge on any atom is -0.398 e. The number of rotatable bonds is 4. The molecular weight excluding hydrogens is 244 g/mol. The summed E-state index contributed by atoms with van der Waals surface area (Å²) in [6, 6.07) is 3.61. The first-order chi connectivity index (χ1) is 9.08. The Balaban J connectivity index is 1.98. The summed E-state index contributed by atoms with van der Waals surface area (Å²) in [5.41, 5.74) is 8.91. The number of hydrogen-bond acceptors (Lipinski definition) is 5. The first-order valence-electron chi connectivity index (χ1n) is 5.98. The maximum absolute atomic E-state index is 12.0. The number of carbonyl (C=O) groups is 1. The number of carbonyl (C=O) groups excluding carboxylic acids is 1. The van der Waals surface area contributed by atoms with Crippen molar-refractivity contribution in [2.75, 3.05) is 12.3 Å². The van der Waals surface area contributed by atoms with Gasteiger partial charge in [-0.2, -0.15) is 4.98 Å². The second-order valence-electron chi connectivity index (χ2n) is 4.36. The molecule has 1 heterocycles. The molecule has 1 aromatic carbocycles. The Morgan fingerprint density at radius 3 is 2.84 bits per heavy atom. The molecule has 0 bridgehead atoms. The van der Waals surface area contributed by atoms with Crippen molar-refractivity contribution >= 4 is 11.6 Å². The van der Waals surface area contributed by atoms with Crippen molar-refractivity contribution in [3.05, 3.63) is 41.0 Å². The highest BCUT2D eigenvalue weighted by Crippen LogP contribution is 2.17. The monoisotopic (exact) mass is 260 g/mol. The van der Waals surface area contributed by atoms with Crippen LogP contribution in [0.3, 0.4) is 0 Å². The molecule has 1 amide bonds. The van der Waals surface area contributed by atoms with Gasteiger partial charge in [0.15, 0.2) is 6.33 Å². The smallest absolute Gasteiger partial charge is 0.251 e. The fraction of sp³-hybridized carbons (Fsp3) is 0.308. The highest BCUT2D eigenvalue weighted by Gasteiger charge is 2.11. The maximum Gasteiger partial charge on any atom is 0.251 e. The molecule has 0 aliphatic heterocycles. The van der Waals surface area contributed by atoms with Gasteiger partial charge in [-0.1, -0.05) is 11.2 Å². The van der Waals surface area contributed by atoms with Crippen LogP contribution in [0.5, 0.6) is 0 Å². The van der Waals surface area contributed by atoms with Crippen LogP contribution in [0.25, 0.3) is 0 Å². The molecule has 100 valence electrons. The maximum atomic E-state index is 12.0. The van der Waals surface area contributed by atoms with Gasteiger partial charge in [0.25, 0.3) is 5.91 Å². The molecule has 0 saturated carbocycles. The molecule has 3 N–H and O–H groups in total. The summed E-state index contributed by atoms with van der Waals surface area (Å²) in [5.74, 6) is 0.351. The molecule has 0 spiro atoms. The quantitative estimate of drug-likeness (QED) is 0.807. The fourth-order valence-electron chi connectivity index (χ4n) is 1.80. The molecule has 0 fully saturated rings. The second-order valence-corrected chi connectivity index (χ2v) is 4.36. The first-order valence-corrected chi connectivity index (χ1v) is 5.98. The Labute approximate surface area is 111 Å². The van der Waals surface area contributed by atoms with Crippen molar-refractivity contribution in [2.24, 2.45) is 0 Å². The molecule has 0 unspecified atom stereocenters. The van der Waals surface area contributed by atoms with E-state index in [-0.39, 0.29) is 5.91 Å². The summed E-state index contributed by atoms with van der Waals surface area (Å²) in [5, 5.41) is 6.30. The predicted octanol–water partition coefficient (Wildman–Crippen LogP) is 1.24. The summed E-state index contributed by atoms with van der Waals surface area (Å²) in [6.45, 7) is 4.24. The molecule has 0 atom stereocenters. The van der Waals surface area contributed by atoms with Gasteiger partial charge in [-0.15, -0.1) is 0 Å². The summed E-state index contributed by atoms with van der Waals surface area (Å²) < 4.78 is 4.85. The normalized spacial score (nSPS) is 10.4. The Morgan fingerprint density at radius 1 is 1.37 bits per heavy atom. The molecule has 2 aromatic rings. The highest BCUT2D eigenvalue weighted by molar-refractivity contribution is 5.96. The molecule has 1 aromatic heterocycles. The van der Waals surface area contributed by atoms with Crippen molar-refractivity contribution in [2.45, 2.75) is 20.3 Å². The number of hydrogen-bond donors (Lipinski definition) is 2. The lowest BCUT2D eigenvalue weighted by Crippen LogP contribution is -2.26. The third kappa shape index (κ3) is 3.09. The molecule has 0 radical (unpaired) electrons. The molecular formula is C13H16N4O2. The summed E-state index contributed by atoms with van der Waals surface area (Å²) in [4.78, 5) is 15.9. The number of aromatic nitrogens is 2. The van der Waals surface area contributed by atoms with Gasteiger partial charge < -0.3 is 15.6 Å². The third-order valence-corrected chi connectivity index (χ3v) is 2.89. The Kier molecular flexibility index (Phi) is 3.79. The van der Waals surface area contributed by atoms with Gasteiger partial charge >= 0.3 is 0 Å². The van der Waals surface area contributed by atoms with Crippen molar-refractivity contribution in [3.63, 3.8) is 0 Å². The molecule has 2 rings (SSSR count). The van der Waals surface area contributed by atoms with E-state index in [9.17, 15) is 4.79 Å². The Morgan fingerprint density at radius 2 is 2.16 bits per heavy atom. The number of benzene rings is 1. The average Bonchev–Trinajstić information content (AvgIpc) is 2.86. The van der Waals surface area contributed by atoms with Crippen molar-refractivity contribution < 1.29 is 9.32 Å². The van der Waals surface area contributed by atoms with E-state index in [2.05, 4.69) is 15.5 Å². The van der Waals surface area contributed by atoms with E-state index in [1.54, 1.807) is 6.07 Å². The molecule has 6 nitrogen and oxygen atoms in total. The van der Waals surface area contributed by atoms with Crippen LogP contribution < -0.4 is 11.1 Å². The number of anilines is 1. The van der Waals surface area contributed by atoms with E-state index < -0.39 is 0 Å². The van der Waals surface area contributed by atoms with Gasteiger partial charge in [-0.3, -0.25) is 4.79 Å². The predicted molar refractivity (Wildman–Crippen MR) is 70.7 cm³/mol. The van der Waals surface area contributed by atoms with Gasteiger partial charge in [-0.25, -0.2) is 0 Å². The number of nitrogen functional groups attached to an aromatic ring is 1. The standard InChI is InChI=1S/C13H16N4O2/c1-8-5-9(2)11(14)6-10(8)13(18)15-4-3-12-16-7-17-19-12/h5-7H,3-4,14H2,1-2H3,(H,15,18). The van der Waals surface area contributed by atoms with Crippen molar-refractivity contribution in [3.8, 4) is 0 Å². The Bertz CT molecular complexity index is 579. The topological polar surface area (TPSA) is 94.0 Å². The average molecular weight is 260 g/mol. The van der Waals surface area contributed by atoms with Crippen LogP contribution >= 0.6 is 0 Å². The number of nitrogens with zero attached hydrogens (tertiary/aromatic N) is 2. The van der Waals surface area contributed by atoms with Gasteiger partial charge in [0, 0.05) is 24.2 Å². The van der Waals surface area contributed by atoms with Gasteiger partial charge in [0.1, 0.15) is 0 Å². The fourth-order valence-corrected chi connectivity index (χ4v) is 1.80. The van der Waals surface area contributed by atoms with Crippen LogP contribution in [0.1, 0.15) is 27.4 Å². The van der Waals surface area contributed by atoms with Crippen LogP contribution in [-0.2, 0) is 6.42 Å². The number of aryl methyl sites for hydroxylation is 2. The van der Waals surface area contributed by atoms with E-state index in [1.165, 1.54) is 6.33 Å². The van der Waals surface area contributed by atoms with Crippen molar-refractivity contribution in [1.82, 2.24) is 15.5 Å². The van der Waals surface area contributed by atoms with Gasteiger partial charge in [0.2, 0.25) is 5.89 Å². The summed E-state index contributed by atoms with van der Waals surface area (Å²) in [6.07, 6.45) is 1.84. The molecule has 0 aliphatic carbocycles. The lowest BCUT2D eigenvalue weighted by Gasteiger charge is -2.09. The van der Waals surface area contributed by atoms with Crippen LogP contribution in [0.4, 0.5) is 5.69 Å². The van der Waals surface area contributed by atoms with E-state index in [4.69, 9.17) is 10.3 Å². The zero-order valence-electron chi connectivity index (χ0n) is 10.9.